The van der Waals surface area contributed by atoms with Crippen molar-refractivity contribution in [2.75, 3.05) is 18.1 Å². The van der Waals surface area contributed by atoms with E-state index in [1.165, 1.54) is 65.2 Å². The van der Waals surface area contributed by atoms with Gasteiger partial charge in [-0.05, 0) is 84.1 Å². The maximum absolute atomic E-state index is 13.4. The van der Waals surface area contributed by atoms with Crippen LogP contribution in [0.2, 0.25) is 0 Å². The van der Waals surface area contributed by atoms with Crippen molar-refractivity contribution in [3.8, 4) is 11.5 Å². The maximum atomic E-state index is 13.4. The molecule has 0 unspecified atom stereocenters. The van der Waals surface area contributed by atoms with Crippen LogP contribution in [0, 0.1) is 11.6 Å². The molecule has 8 heteroatoms. The molecule has 0 bridgehead atoms. The average molecular weight is 450 g/mol. The van der Waals surface area contributed by atoms with Crippen LogP contribution in [0.15, 0.2) is 76.6 Å². The Labute approximate surface area is 187 Å². The molecule has 32 heavy (non-hydrogen) atoms. The summed E-state index contributed by atoms with van der Waals surface area (Å²) in [7, 11) is 0. The van der Waals surface area contributed by atoms with Gasteiger partial charge in [0.15, 0.2) is 16.7 Å². The molecule has 160 valence electrons. The van der Waals surface area contributed by atoms with Crippen LogP contribution in [0.4, 0.5) is 20.2 Å². The Balaban J connectivity index is 1.53. The molecule has 3 aromatic carbocycles. The van der Waals surface area contributed by atoms with Gasteiger partial charge in [-0.3, -0.25) is 9.69 Å². The molecule has 1 saturated heterocycles. The van der Waals surface area contributed by atoms with Crippen molar-refractivity contribution >= 4 is 40.3 Å². The molecular weight excluding hydrogens is 434 g/mol. The van der Waals surface area contributed by atoms with Crippen molar-refractivity contribution in [1.82, 2.24) is 0 Å². The van der Waals surface area contributed by atoms with E-state index < -0.39 is 5.82 Å². The van der Waals surface area contributed by atoms with Crippen LogP contribution in [0.3, 0.4) is 0 Å². The van der Waals surface area contributed by atoms with Crippen LogP contribution in [0.1, 0.15) is 5.56 Å². The lowest BCUT2D eigenvalue weighted by Crippen LogP contribution is -2.28. The lowest BCUT2D eigenvalue weighted by atomic mass is 10.1. The van der Waals surface area contributed by atoms with Crippen molar-refractivity contribution in [2.24, 2.45) is 4.99 Å². The van der Waals surface area contributed by atoms with Gasteiger partial charge in [-0.1, -0.05) is 6.07 Å². The second kappa shape index (κ2) is 8.47. The number of benzene rings is 3. The Bertz CT molecular complexity index is 1240. The molecule has 0 N–H and O–H groups in total. The number of hydrogen-bond acceptors (Lipinski definition) is 5. The molecule has 0 spiro atoms. The first kappa shape index (κ1) is 20.3. The molecule has 5 rings (SSSR count). The number of carbonyl (C=O) groups is 1. The van der Waals surface area contributed by atoms with Gasteiger partial charge in [-0.25, -0.2) is 13.8 Å². The topological polar surface area (TPSA) is 51.1 Å². The Morgan fingerprint density at radius 2 is 1.53 bits per heavy atom. The van der Waals surface area contributed by atoms with Crippen LogP contribution in [-0.2, 0) is 4.79 Å². The van der Waals surface area contributed by atoms with Gasteiger partial charge in [-0.2, -0.15) is 0 Å². The summed E-state index contributed by atoms with van der Waals surface area (Å²) in [5.74, 6) is 0.208. The molecule has 3 aromatic rings. The van der Waals surface area contributed by atoms with Crippen molar-refractivity contribution in [1.29, 1.82) is 0 Å². The van der Waals surface area contributed by atoms with Crippen molar-refractivity contribution in [3.63, 3.8) is 0 Å². The lowest BCUT2D eigenvalue weighted by molar-refractivity contribution is -0.113. The molecule has 5 nitrogen and oxygen atoms in total. The summed E-state index contributed by atoms with van der Waals surface area (Å²) in [6.07, 6.45) is 1.74. The van der Waals surface area contributed by atoms with Crippen molar-refractivity contribution < 1.29 is 23.0 Å². The van der Waals surface area contributed by atoms with E-state index in [0.29, 0.717) is 46.2 Å². The van der Waals surface area contributed by atoms with E-state index in [1.807, 2.05) is 12.1 Å². The Morgan fingerprint density at radius 1 is 0.875 bits per heavy atom. The molecule has 0 aromatic heterocycles. The number of anilines is 1. The molecule has 2 heterocycles. The fourth-order valence-electron chi connectivity index (χ4n) is 3.29. The van der Waals surface area contributed by atoms with Gasteiger partial charge in [0.05, 0.1) is 16.3 Å². The second-order valence-electron chi connectivity index (χ2n) is 7.00. The number of amidine groups is 1. The van der Waals surface area contributed by atoms with Gasteiger partial charge in [0.2, 0.25) is 0 Å². The monoisotopic (exact) mass is 450 g/mol. The Morgan fingerprint density at radius 3 is 2.25 bits per heavy atom. The zero-order valence-electron chi connectivity index (χ0n) is 16.6. The van der Waals surface area contributed by atoms with Crippen LogP contribution < -0.4 is 14.4 Å². The summed E-state index contributed by atoms with van der Waals surface area (Å²) in [6, 6.07) is 16.7. The minimum absolute atomic E-state index is 0.294. The summed E-state index contributed by atoms with van der Waals surface area (Å²) in [5.41, 5.74) is 1.75. The summed E-state index contributed by atoms with van der Waals surface area (Å²) in [5, 5.41) is 0.386. The third-order valence-corrected chi connectivity index (χ3v) is 5.78. The van der Waals surface area contributed by atoms with Gasteiger partial charge in [-0.15, -0.1) is 0 Å². The molecule has 0 saturated carbocycles. The first-order chi connectivity index (χ1) is 15.6. The maximum Gasteiger partial charge on any atom is 0.271 e. The highest BCUT2D eigenvalue weighted by molar-refractivity contribution is 8.19. The largest absolute Gasteiger partial charge is 0.486 e. The molecule has 0 atom stereocenters. The second-order valence-corrected chi connectivity index (χ2v) is 8.01. The van der Waals surface area contributed by atoms with Crippen molar-refractivity contribution in [2.45, 2.75) is 0 Å². The first-order valence-corrected chi connectivity index (χ1v) is 10.6. The quantitative estimate of drug-likeness (QED) is 0.492. The van der Waals surface area contributed by atoms with Gasteiger partial charge >= 0.3 is 0 Å². The number of amides is 1. The number of nitrogens with zero attached hydrogens (tertiary/aromatic N) is 2. The predicted molar refractivity (Wildman–Crippen MR) is 120 cm³/mol. The zero-order chi connectivity index (χ0) is 22.1. The van der Waals surface area contributed by atoms with E-state index in [4.69, 9.17) is 9.47 Å². The number of hydrogen-bond donors (Lipinski definition) is 0. The Kier molecular flexibility index (Phi) is 5.36. The van der Waals surface area contributed by atoms with Crippen LogP contribution in [0.25, 0.3) is 6.08 Å². The van der Waals surface area contributed by atoms with E-state index >= 15 is 0 Å². The molecule has 0 aliphatic carbocycles. The van der Waals surface area contributed by atoms with E-state index in [-0.39, 0.29) is 11.7 Å². The number of aliphatic imine (C=N–C) groups is 1. The summed E-state index contributed by atoms with van der Waals surface area (Å²) in [4.78, 5) is 19.7. The molecule has 2 aliphatic rings. The standard InChI is InChI=1S/C24H16F2N2O3S/c25-16-2-6-18(7-3-16)27-24-28(19-8-4-17(26)5-9-19)23(29)22(32-24)14-15-1-10-20-21(13-15)31-12-11-30-20/h1-10,13-14H,11-12H2/b22-14-,27-24?. The zero-order valence-corrected chi connectivity index (χ0v) is 17.4. The number of rotatable bonds is 3. The molecule has 2 aliphatic heterocycles. The predicted octanol–water partition coefficient (Wildman–Crippen LogP) is 5.54. The van der Waals surface area contributed by atoms with Crippen LogP contribution in [0.5, 0.6) is 11.5 Å². The minimum atomic E-state index is -0.405. The highest BCUT2D eigenvalue weighted by atomic mass is 32.2. The lowest BCUT2D eigenvalue weighted by Gasteiger charge is -2.18. The molecule has 1 fully saturated rings. The van der Waals surface area contributed by atoms with E-state index in [2.05, 4.69) is 4.99 Å². The van der Waals surface area contributed by atoms with Crippen LogP contribution >= 0.6 is 11.8 Å². The minimum Gasteiger partial charge on any atom is -0.486 e. The highest BCUT2D eigenvalue weighted by Gasteiger charge is 2.35. The summed E-state index contributed by atoms with van der Waals surface area (Å²) >= 11 is 1.19. The third kappa shape index (κ3) is 4.09. The number of carbonyl (C=O) groups excluding carboxylic acids is 1. The van der Waals surface area contributed by atoms with Gasteiger partial charge in [0, 0.05) is 0 Å². The fourth-order valence-corrected chi connectivity index (χ4v) is 4.29. The Hall–Kier alpha value is -3.65. The third-order valence-electron chi connectivity index (χ3n) is 4.81. The SMILES string of the molecule is O=C1/C(=C/c2ccc3c(c2)OCCO3)SC(=Nc2ccc(F)cc2)N1c1ccc(F)cc1. The highest BCUT2D eigenvalue weighted by Crippen LogP contribution is 2.38. The van der Waals surface area contributed by atoms with E-state index in [0.717, 1.165) is 5.56 Å². The number of halogens is 2. The number of ether oxygens (including phenoxy) is 2. The summed E-state index contributed by atoms with van der Waals surface area (Å²) < 4.78 is 37.9. The van der Waals surface area contributed by atoms with E-state index in [1.54, 1.807) is 12.1 Å². The first-order valence-electron chi connectivity index (χ1n) is 9.80. The molecule has 1 amide bonds. The number of fused-ring (bicyclic) bond motifs is 1. The van der Waals surface area contributed by atoms with Gasteiger partial charge in [0.1, 0.15) is 24.8 Å². The normalized spacial score (nSPS) is 17.9. The molecule has 0 radical (unpaired) electrons. The fraction of sp³-hybridized carbons (Fsp3) is 0.0833. The van der Waals surface area contributed by atoms with Gasteiger partial charge in [0.25, 0.3) is 5.91 Å². The van der Waals surface area contributed by atoms with Gasteiger partial charge < -0.3 is 9.47 Å². The smallest absolute Gasteiger partial charge is 0.271 e. The van der Waals surface area contributed by atoms with E-state index in [9.17, 15) is 13.6 Å². The van der Waals surface area contributed by atoms with Crippen molar-refractivity contribution in [3.05, 3.63) is 88.8 Å². The molecular formula is C24H16F2N2O3S. The summed E-state index contributed by atoms with van der Waals surface area (Å²) in [6.45, 7) is 0.963. The van der Waals surface area contributed by atoms with Crippen LogP contribution in [-0.4, -0.2) is 24.3 Å². The average Bonchev–Trinajstić information content (AvgIpc) is 3.10. The number of thioether (sulfide) groups is 1.